The standard InChI is InChI=1S/C16H13ClF3NO3/c17-12-3-1-10(5-11(12)16(18,19)20)8-21-15(24)7-9-2-4-13(22)14(23)6-9/h1-6,22-23H,7-8H2,(H,21,24). The molecule has 2 aromatic carbocycles. The van der Waals surface area contributed by atoms with Crippen molar-refractivity contribution in [3.63, 3.8) is 0 Å². The highest BCUT2D eigenvalue weighted by molar-refractivity contribution is 6.31. The van der Waals surface area contributed by atoms with Gasteiger partial charge < -0.3 is 15.5 Å². The molecule has 8 heteroatoms. The Morgan fingerprint density at radius 3 is 2.33 bits per heavy atom. The van der Waals surface area contributed by atoms with Gasteiger partial charge in [-0.25, -0.2) is 0 Å². The third-order valence-electron chi connectivity index (χ3n) is 3.23. The van der Waals surface area contributed by atoms with Gasteiger partial charge in [0.2, 0.25) is 5.91 Å². The van der Waals surface area contributed by atoms with E-state index < -0.39 is 22.7 Å². The molecule has 24 heavy (non-hydrogen) atoms. The summed E-state index contributed by atoms with van der Waals surface area (Å²) in [7, 11) is 0. The Bertz CT molecular complexity index is 763. The van der Waals surface area contributed by atoms with E-state index in [9.17, 15) is 28.2 Å². The number of benzene rings is 2. The third kappa shape index (κ3) is 4.55. The topological polar surface area (TPSA) is 69.6 Å². The molecule has 3 N–H and O–H groups in total. The summed E-state index contributed by atoms with van der Waals surface area (Å²) in [4.78, 5) is 11.8. The zero-order valence-corrected chi connectivity index (χ0v) is 12.9. The molecule has 0 heterocycles. The van der Waals surface area contributed by atoms with Crippen LogP contribution in [0.5, 0.6) is 11.5 Å². The van der Waals surface area contributed by atoms with Gasteiger partial charge >= 0.3 is 6.18 Å². The molecule has 0 fully saturated rings. The molecule has 4 nitrogen and oxygen atoms in total. The quantitative estimate of drug-likeness (QED) is 0.730. The lowest BCUT2D eigenvalue weighted by Gasteiger charge is -2.11. The van der Waals surface area contributed by atoms with Crippen LogP contribution in [0.3, 0.4) is 0 Å². The van der Waals surface area contributed by atoms with Crippen LogP contribution in [0.2, 0.25) is 5.02 Å². The zero-order chi connectivity index (χ0) is 17.9. The second-order valence-electron chi connectivity index (χ2n) is 5.09. The molecule has 0 atom stereocenters. The molecule has 2 rings (SSSR count). The maximum Gasteiger partial charge on any atom is 0.417 e. The number of halogens is 4. The monoisotopic (exact) mass is 359 g/mol. The molecular weight excluding hydrogens is 347 g/mol. The van der Waals surface area contributed by atoms with Crippen LogP contribution in [0.4, 0.5) is 13.2 Å². The highest BCUT2D eigenvalue weighted by Gasteiger charge is 2.33. The predicted octanol–water partition coefficient (Wildman–Crippen LogP) is 3.63. The number of phenols is 2. The van der Waals surface area contributed by atoms with Crippen LogP contribution in [0.25, 0.3) is 0 Å². The Morgan fingerprint density at radius 2 is 1.71 bits per heavy atom. The Hall–Kier alpha value is -2.41. The van der Waals surface area contributed by atoms with E-state index in [0.717, 1.165) is 12.1 Å². The second kappa shape index (κ2) is 7.00. The Kier molecular flexibility index (Phi) is 5.23. The highest BCUT2D eigenvalue weighted by atomic mass is 35.5. The van der Waals surface area contributed by atoms with E-state index >= 15 is 0 Å². The first-order chi connectivity index (χ1) is 11.2. The lowest BCUT2D eigenvalue weighted by atomic mass is 10.1. The van der Waals surface area contributed by atoms with Gasteiger partial charge in [-0.3, -0.25) is 4.79 Å². The van der Waals surface area contributed by atoms with Crippen LogP contribution < -0.4 is 5.32 Å². The first kappa shape index (κ1) is 17.9. The Morgan fingerprint density at radius 1 is 1.04 bits per heavy atom. The lowest BCUT2D eigenvalue weighted by molar-refractivity contribution is -0.137. The fraction of sp³-hybridized carbons (Fsp3) is 0.188. The van der Waals surface area contributed by atoms with Crippen molar-refractivity contribution >= 4 is 17.5 Å². The van der Waals surface area contributed by atoms with Crippen molar-refractivity contribution in [2.24, 2.45) is 0 Å². The molecule has 0 unspecified atom stereocenters. The summed E-state index contributed by atoms with van der Waals surface area (Å²) in [6.07, 6.45) is -4.66. The zero-order valence-electron chi connectivity index (χ0n) is 12.2. The number of amides is 1. The van der Waals surface area contributed by atoms with Crippen molar-refractivity contribution in [2.75, 3.05) is 0 Å². The molecular formula is C16H13ClF3NO3. The predicted molar refractivity (Wildman–Crippen MR) is 81.8 cm³/mol. The van der Waals surface area contributed by atoms with Crippen LogP contribution in [-0.2, 0) is 23.9 Å². The van der Waals surface area contributed by atoms with Gasteiger partial charge in [0, 0.05) is 6.54 Å². The van der Waals surface area contributed by atoms with Gasteiger partial charge in [-0.05, 0) is 35.4 Å². The van der Waals surface area contributed by atoms with Gasteiger partial charge in [-0.1, -0.05) is 23.7 Å². The summed E-state index contributed by atoms with van der Waals surface area (Å²) in [5, 5.41) is 20.6. The van der Waals surface area contributed by atoms with Crippen LogP contribution in [0.15, 0.2) is 36.4 Å². The average Bonchev–Trinajstić information content (AvgIpc) is 2.49. The first-order valence-electron chi connectivity index (χ1n) is 6.80. The molecule has 0 aliphatic rings. The molecule has 2 aromatic rings. The second-order valence-corrected chi connectivity index (χ2v) is 5.50. The smallest absolute Gasteiger partial charge is 0.417 e. The number of carbonyl (C=O) groups excluding carboxylic acids is 1. The van der Waals surface area contributed by atoms with Crippen molar-refractivity contribution in [3.8, 4) is 11.5 Å². The molecule has 128 valence electrons. The van der Waals surface area contributed by atoms with Gasteiger partial charge in [0.1, 0.15) is 0 Å². The van der Waals surface area contributed by atoms with E-state index in [1.807, 2.05) is 0 Å². The van der Waals surface area contributed by atoms with Crippen molar-refractivity contribution in [1.29, 1.82) is 0 Å². The van der Waals surface area contributed by atoms with Crippen molar-refractivity contribution in [3.05, 3.63) is 58.1 Å². The first-order valence-corrected chi connectivity index (χ1v) is 7.18. The number of hydrogen-bond donors (Lipinski definition) is 3. The van der Waals surface area contributed by atoms with E-state index in [0.29, 0.717) is 5.56 Å². The number of hydrogen-bond acceptors (Lipinski definition) is 3. The number of phenolic OH excluding ortho intramolecular Hbond substituents is 2. The fourth-order valence-corrected chi connectivity index (χ4v) is 2.25. The van der Waals surface area contributed by atoms with Crippen LogP contribution in [0, 0.1) is 0 Å². The summed E-state index contributed by atoms with van der Waals surface area (Å²) in [5.41, 5.74) is -0.247. The largest absolute Gasteiger partial charge is 0.504 e. The number of rotatable bonds is 4. The van der Waals surface area contributed by atoms with E-state index in [1.165, 1.54) is 24.3 Å². The molecule has 0 radical (unpaired) electrons. The van der Waals surface area contributed by atoms with Gasteiger partial charge in [-0.15, -0.1) is 0 Å². The maximum atomic E-state index is 12.8. The summed E-state index contributed by atoms with van der Waals surface area (Å²) in [6.45, 7) is -0.0941. The van der Waals surface area contributed by atoms with Gasteiger partial charge in [0.05, 0.1) is 17.0 Å². The van der Waals surface area contributed by atoms with Crippen molar-refractivity contribution in [1.82, 2.24) is 5.32 Å². The van der Waals surface area contributed by atoms with Gasteiger partial charge in [-0.2, -0.15) is 13.2 Å². The van der Waals surface area contributed by atoms with Crippen LogP contribution in [-0.4, -0.2) is 16.1 Å². The molecule has 0 saturated carbocycles. The minimum atomic E-state index is -4.57. The fourth-order valence-electron chi connectivity index (χ4n) is 2.03. The third-order valence-corrected chi connectivity index (χ3v) is 3.56. The van der Waals surface area contributed by atoms with E-state index in [-0.39, 0.29) is 30.0 Å². The summed E-state index contributed by atoms with van der Waals surface area (Å²) in [5.74, 6) is -1.10. The normalized spacial score (nSPS) is 11.3. The Balaban J connectivity index is 2.00. The molecule has 0 spiro atoms. The Labute approximate surface area is 140 Å². The van der Waals surface area contributed by atoms with Crippen LogP contribution in [0.1, 0.15) is 16.7 Å². The molecule has 0 saturated heterocycles. The number of aromatic hydroxyl groups is 2. The summed E-state index contributed by atoms with van der Waals surface area (Å²) < 4.78 is 38.3. The van der Waals surface area contributed by atoms with E-state index in [2.05, 4.69) is 5.32 Å². The van der Waals surface area contributed by atoms with Crippen LogP contribution >= 0.6 is 11.6 Å². The van der Waals surface area contributed by atoms with Crippen molar-refractivity contribution in [2.45, 2.75) is 19.1 Å². The number of alkyl halides is 3. The van der Waals surface area contributed by atoms with E-state index in [4.69, 9.17) is 11.6 Å². The minimum Gasteiger partial charge on any atom is -0.504 e. The van der Waals surface area contributed by atoms with Gasteiger partial charge in [0.15, 0.2) is 11.5 Å². The van der Waals surface area contributed by atoms with Gasteiger partial charge in [0.25, 0.3) is 0 Å². The molecule has 0 aromatic heterocycles. The highest BCUT2D eigenvalue weighted by Crippen LogP contribution is 2.35. The van der Waals surface area contributed by atoms with Crippen molar-refractivity contribution < 1.29 is 28.2 Å². The average molecular weight is 360 g/mol. The number of nitrogens with one attached hydrogen (secondary N) is 1. The number of carbonyl (C=O) groups is 1. The summed E-state index contributed by atoms with van der Waals surface area (Å²) in [6, 6.07) is 7.34. The lowest BCUT2D eigenvalue weighted by Crippen LogP contribution is -2.24. The van der Waals surface area contributed by atoms with E-state index in [1.54, 1.807) is 0 Å². The molecule has 0 bridgehead atoms. The molecule has 0 aliphatic heterocycles. The SMILES string of the molecule is O=C(Cc1ccc(O)c(O)c1)NCc1ccc(Cl)c(C(F)(F)F)c1. The summed E-state index contributed by atoms with van der Waals surface area (Å²) >= 11 is 5.53. The minimum absolute atomic E-state index is 0.0897. The molecule has 1 amide bonds. The molecule has 0 aliphatic carbocycles. The maximum absolute atomic E-state index is 12.8.